The molecule has 0 spiro atoms. The minimum atomic E-state index is -0.00833. The second-order valence-corrected chi connectivity index (χ2v) is 7.10. The van der Waals surface area contributed by atoms with Crippen LogP contribution in [0.2, 0.25) is 0 Å². The fourth-order valence-corrected chi connectivity index (χ4v) is 3.09. The van der Waals surface area contributed by atoms with Gasteiger partial charge in [0.15, 0.2) is 0 Å². The maximum absolute atomic E-state index is 11.7. The summed E-state index contributed by atoms with van der Waals surface area (Å²) in [4.78, 5) is 11.7. The Morgan fingerprint density at radius 2 is 1.36 bits per heavy atom. The summed E-state index contributed by atoms with van der Waals surface area (Å²) in [6.45, 7) is 2.84. The lowest BCUT2D eigenvalue weighted by molar-refractivity contribution is -0.143. The molecule has 0 aliphatic carbocycles. The molecule has 0 aromatic heterocycles. The van der Waals surface area contributed by atoms with Crippen LogP contribution < -0.4 is 0 Å². The number of hydrogen-bond donors (Lipinski definition) is 0. The molecule has 0 unspecified atom stereocenters. The Morgan fingerprint density at radius 1 is 0.760 bits per heavy atom. The van der Waals surface area contributed by atoms with Crippen LogP contribution in [0.5, 0.6) is 0 Å². The molecule has 0 aliphatic rings. The Kier molecular flexibility index (Phi) is 14.1. The molecule has 2 nitrogen and oxygen atoms in total. The van der Waals surface area contributed by atoms with Crippen LogP contribution in [0.3, 0.4) is 0 Å². The molecular weight excluding hydrogens is 308 g/mol. The van der Waals surface area contributed by atoms with E-state index in [0.29, 0.717) is 13.0 Å². The maximum Gasteiger partial charge on any atom is 0.305 e. The molecule has 0 bridgehead atoms. The molecule has 0 heterocycles. The van der Waals surface area contributed by atoms with Gasteiger partial charge in [0.1, 0.15) is 0 Å². The van der Waals surface area contributed by atoms with Gasteiger partial charge in [-0.15, -0.1) is 0 Å². The summed E-state index contributed by atoms with van der Waals surface area (Å²) in [7, 11) is 0. The standard InChI is InChI=1S/C23H38O2/c1-2-3-4-5-6-7-8-9-15-20-23(24)25-21-16-11-14-19-22-17-12-10-13-18-22/h10,12-13,17-18H,2-9,11,14-16,19-21H2,1H3. The molecule has 1 aromatic carbocycles. The fraction of sp³-hybridized carbons (Fsp3) is 0.696. The monoisotopic (exact) mass is 346 g/mol. The molecule has 25 heavy (non-hydrogen) atoms. The summed E-state index contributed by atoms with van der Waals surface area (Å²) < 4.78 is 5.33. The van der Waals surface area contributed by atoms with Crippen molar-refractivity contribution in [2.45, 2.75) is 96.8 Å². The number of aryl methyl sites for hydroxylation is 1. The Labute approximate surface area is 155 Å². The SMILES string of the molecule is CCCCCCCCCCCC(=O)OCCCCCc1ccccc1. The van der Waals surface area contributed by atoms with Crippen LogP contribution in [-0.4, -0.2) is 12.6 Å². The summed E-state index contributed by atoms with van der Waals surface area (Å²) in [5.41, 5.74) is 1.39. The van der Waals surface area contributed by atoms with Gasteiger partial charge in [-0.25, -0.2) is 0 Å². The van der Waals surface area contributed by atoms with E-state index in [4.69, 9.17) is 4.74 Å². The summed E-state index contributed by atoms with van der Waals surface area (Å²) in [5, 5.41) is 0. The fourth-order valence-electron chi connectivity index (χ4n) is 3.09. The van der Waals surface area contributed by atoms with Crippen LogP contribution >= 0.6 is 0 Å². The van der Waals surface area contributed by atoms with Gasteiger partial charge in [0.2, 0.25) is 0 Å². The Bertz CT molecular complexity index is 413. The third kappa shape index (κ3) is 13.6. The number of benzene rings is 1. The van der Waals surface area contributed by atoms with Gasteiger partial charge in [-0.2, -0.15) is 0 Å². The van der Waals surface area contributed by atoms with E-state index in [1.165, 1.54) is 63.4 Å². The van der Waals surface area contributed by atoms with Crippen molar-refractivity contribution in [2.75, 3.05) is 6.61 Å². The first-order valence-corrected chi connectivity index (χ1v) is 10.5. The first-order valence-electron chi connectivity index (χ1n) is 10.5. The molecule has 142 valence electrons. The lowest BCUT2D eigenvalue weighted by atomic mass is 10.1. The zero-order valence-corrected chi connectivity index (χ0v) is 16.3. The minimum absolute atomic E-state index is 0.00833. The third-order valence-corrected chi connectivity index (χ3v) is 4.70. The van der Waals surface area contributed by atoms with Gasteiger partial charge in [0.05, 0.1) is 6.61 Å². The first-order chi connectivity index (χ1) is 12.3. The largest absolute Gasteiger partial charge is 0.466 e. The van der Waals surface area contributed by atoms with Crippen molar-refractivity contribution >= 4 is 5.97 Å². The Morgan fingerprint density at radius 3 is 2.04 bits per heavy atom. The normalized spacial score (nSPS) is 10.8. The second-order valence-electron chi connectivity index (χ2n) is 7.10. The van der Waals surface area contributed by atoms with E-state index < -0.39 is 0 Å². The highest BCUT2D eigenvalue weighted by atomic mass is 16.5. The van der Waals surface area contributed by atoms with Gasteiger partial charge >= 0.3 is 5.97 Å². The molecule has 0 aliphatic heterocycles. The van der Waals surface area contributed by atoms with Crippen molar-refractivity contribution in [1.82, 2.24) is 0 Å². The van der Waals surface area contributed by atoms with E-state index >= 15 is 0 Å². The molecule has 0 saturated heterocycles. The van der Waals surface area contributed by atoms with Gasteiger partial charge < -0.3 is 4.74 Å². The molecule has 0 atom stereocenters. The predicted octanol–water partition coefficient (Wildman–Crippen LogP) is 6.86. The number of rotatable bonds is 16. The van der Waals surface area contributed by atoms with Gasteiger partial charge in [-0.05, 0) is 37.7 Å². The molecule has 0 fully saturated rings. The van der Waals surface area contributed by atoms with Gasteiger partial charge in [0, 0.05) is 6.42 Å². The quantitative estimate of drug-likeness (QED) is 0.241. The summed E-state index contributed by atoms with van der Waals surface area (Å²) in [6.07, 6.45) is 16.5. The highest BCUT2D eigenvalue weighted by molar-refractivity contribution is 5.69. The van der Waals surface area contributed by atoms with E-state index in [1.807, 2.05) is 0 Å². The lowest BCUT2D eigenvalue weighted by Gasteiger charge is -2.05. The molecule has 1 rings (SSSR count). The highest BCUT2D eigenvalue weighted by Gasteiger charge is 2.02. The van der Waals surface area contributed by atoms with Crippen LogP contribution in [0.25, 0.3) is 0 Å². The highest BCUT2D eigenvalue weighted by Crippen LogP contribution is 2.11. The van der Waals surface area contributed by atoms with Crippen LogP contribution in [0.4, 0.5) is 0 Å². The van der Waals surface area contributed by atoms with Crippen molar-refractivity contribution < 1.29 is 9.53 Å². The Hall–Kier alpha value is -1.31. The smallest absolute Gasteiger partial charge is 0.305 e. The van der Waals surface area contributed by atoms with Gasteiger partial charge in [-0.3, -0.25) is 4.79 Å². The average Bonchev–Trinajstić information content (AvgIpc) is 2.64. The van der Waals surface area contributed by atoms with E-state index in [-0.39, 0.29) is 5.97 Å². The molecule has 0 radical (unpaired) electrons. The molecule has 1 aromatic rings. The van der Waals surface area contributed by atoms with Gasteiger partial charge in [-0.1, -0.05) is 88.6 Å². The van der Waals surface area contributed by atoms with E-state index in [9.17, 15) is 4.79 Å². The number of ether oxygens (including phenoxy) is 1. The van der Waals surface area contributed by atoms with E-state index in [0.717, 1.165) is 25.7 Å². The third-order valence-electron chi connectivity index (χ3n) is 4.70. The molecule has 0 N–H and O–H groups in total. The maximum atomic E-state index is 11.7. The van der Waals surface area contributed by atoms with E-state index in [1.54, 1.807) is 0 Å². The zero-order valence-electron chi connectivity index (χ0n) is 16.3. The topological polar surface area (TPSA) is 26.3 Å². The van der Waals surface area contributed by atoms with Crippen molar-refractivity contribution in [3.05, 3.63) is 35.9 Å². The van der Waals surface area contributed by atoms with Crippen molar-refractivity contribution in [1.29, 1.82) is 0 Å². The summed E-state index contributed by atoms with van der Waals surface area (Å²) in [6, 6.07) is 10.6. The number of hydrogen-bond acceptors (Lipinski definition) is 2. The van der Waals surface area contributed by atoms with Crippen molar-refractivity contribution in [3.63, 3.8) is 0 Å². The molecule has 0 amide bonds. The van der Waals surface area contributed by atoms with Crippen LogP contribution in [-0.2, 0) is 16.0 Å². The number of carbonyl (C=O) groups is 1. The average molecular weight is 347 g/mol. The van der Waals surface area contributed by atoms with Crippen LogP contribution in [0.1, 0.15) is 96.0 Å². The Balaban J connectivity index is 1.81. The number of carbonyl (C=O) groups excluding carboxylic acids is 1. The number of unbranched alkanes of at least 4 members (excludes halogenated alkanes) is 10. The molecular formula is C23H38O2. The van der Waals surface area contributed by atoms with Gasteiger partial charge in [0.25, 0.3) is 0 Å². The molecule has 2 heteroatoms. The van der Waals surface area contributed by atoms with Crippen molar-refractivity contribution in [3.8, 4) is 0 Å². The lowest BCUT2D eigenvalue weighted by Crippen LogP contribution is -2.05. The second kappa shape index (κ2) is 16.2. The van der Waals surface area contributed by atoms with Crippen LogP contribution in [0.15, 0.2) is 30.3 Å². The molecule has 0 saturated carbocycles. The van der Waals surface area contributed by atoms with Crippen molar-refractivity contribution in [2.24, 2.45) is 0 Å². The number of esters is 1. The summed E-state index contributed by atoms with van der Waals surface area (Å²) in [5.74, 6) is -0.00833. The zero-order chi connectivity index (χ0) is 18.0. The summed E-state index contributed by atoms with van der Waals surface area (Å²) >= 11 is 0. The predicted molar refractivity (Wildman–Crippen MR) is 107 cm³/mol. The first kappa shape index (κ1) is 21.7. The van der Waals surface area contributed by atoms with Crippen LogP contribution in [0, 0.1) is 0 Å². The minimum Gasteiger partial charge on any atom is -0.466 e. The van der Waals surface area contributed by atoms with E-state index in [2.05, 4.69) is 37.3 Å².